The summed E-state index contributed by atoms with van der Waals surface area (Å²) in [6, 6.07) is 19.6. The second kappa shape index (κ2) is 10.3. The Morgan fingerprint density at radius 1 is 1.00 bits per heavy atom. The van der Waals surface area contributed by atoms with Crippen LogP contribution in [0, 0.1) is 0 Å². The minimum atomic E-state index is -1.40. The Hall–Kier alpha value is -2.62. The van der Waals surface area contributed by atoms with E-state index >= 15 is 0 Å². The number of aromatic nitrogens is 1. The molecule has 0 N–H and O–H groups in total. The van der Waals surface area contributed by atoms with Crippen molar-refractivity contribution in [3.63, 3.8) is 0 Å². The molecule has 2 heterocycles. The van der Waals surface area contributed by atoms with Gasteiger partial charge in [0.2, 0.25) is 6.79 Å². The van der Waals surface area contributed by atoms with Crippen LogP contribution < -0.4 is 76.1 Å². The number of nitrogens with zero attached hydrogens (tertiary/aromatic N) is 1. The fourth-order valence-electron chi connectivity index (χ4n) is 4.19. The van der Waals surface area contributed by atoms with Gasteiger partial charge in [-0.2, -0.15) is 0 Å². The van der Waals surface area contributed by atoms with Gasteiger partial charge in [-0.15, -0.1) is 0 Å². The fraction of sp³-hybridized carbons (Fsp3) is 0.154. The molecule has 7 nitrogen and oxygen atoms in total. The van der Waals surface area contributed by atoms with Crippen molar-refractivity contribution in [3.05, 3.63) is 99.3 Å². The maximum Gasteiger partial charge on any atom is 1.00 e. The van der Waals surface area contributed by atoms with E-state index in [4.69, 9.17) is 14.2 Å². The number of aromatic carboxylic acids is 1. The van der Waals surface area contributed by atoms with E-state index in [1.807, 2.05) is 24.3 Å². The standard InChI is InChI=1S/C26H21NO6.K/c1-31-18-9-6-16(7-10-18)12-20-24(26(29)30)27(21-5-3-2-4-19(21)25(20)28)14-17-8-11-22-23(13-17)33-15-32-22;/h2-11,13H,12,14-15H2,1H3,(H,29,30);/q;+1/p-1. The molecule has 166 valence electrons. The van der Waals surface area contributed by atoms with E-state index < -0.39 is 5.97 Å². The largest absolute Gasteiger partial charge is 1.00 e. The first-order valence-corrected chi connectivity index (χ1v) is 10.4. The number of carbonyl (C=O) groups excluding carboxylic acids is 1. The van der Waals surface area contributed by atoms with Crippen LogP contribution >= 0.6 is 0 Å². The van der Waals surface area contributed by atoms with Crippen LogP contribution in [-0.4, -0.2) is 24.4 Å². The summed E-state index contributed by atoms with van der Waals surface area (Å²) in [6.07, 6.45) is 0.151. The van der Waals surface area contributed by atoms with Crippen molar-refractivity contribution in [3.8, 4) is 17.2 Å². The molecule has 8 heteroatoms. The molecule has 3 aromatic carbocycles. The van der Waals surface area contributed by atoms with Crippen molar-refractivity contribution in [2.24, 2.45) is 0 Å². The van der Waals surface area contributed by atoms with Gasteiger partial charge in [-0.3, -0.25) is 4.79 Å². The van der Waals surface area contributed by atoms with E-state index in [2.05, 4.69) is 0 Å². The summed E-state index contributed by atoms with van der Waals surface area (Å²) >= 11 is 0. The molecule has 1 aliphatic heterocycles. The molecular weight excluding hydrogens is 461 g/mol. The van der Waals surface area contributed by atoms with Gasteiger partial charge in [0.15, 0.2) is 16.9 Å². The number of fused-ring (bicyclic) bond motifs is 2. The predicted octanol–water partition coefficient (Wildman–Crippen LogP) is -0.255. The normalized spacial score (nSPS) is 11.8. The summed E-state index contributed by atoms with van der Waals surface area (Å²) in [7, 11) is 1.57. The van der Waals surface area contributed by atoms with Gasteiger partial charge in [-0.1, -0.05) is 30.3 Å². The molecule has 0 bridgehead atoms. The molecule has 5 rings (SSSR count). The first-order valence-electron chi connectivity index (χ1n) is 10.4. The SMILES string of the molecule is COc1ccc(Cc2c(C(=O)[O-])n(Cc3ccc4c(c3)OCO4)c3ccccc3c2=O)cc1.[K+]. The third-order valence-electron chi connectivity index (χ3n) is 5.78. The zero-order chi connectivity index (χ0) is 22.9. The average Bonchev–Trinajstić information content (AvgIpc) is 3.30. The Kier molecular flexibility index (Phi) is 7.44. The monoisotopic (exact) mass is 481 g/mol. The molecular formula is C26H20KNO6. The molecule has 1 aliphatic rings. The number of para-hydroxylation sites is 1. The number of pyridine rings is 1. The van der Waals surface area contributed by atoms with Gasteiger partial charge in [0.25, 0.3) is 0 Å². The van der Waals surface area contributed by atoms with Gasteiger partial charge in [-0.25, -0.2) is 0 Å². The van der Waals surface area contributed by atoms with E-state index in [0.29, 0.717) is 28.2 Å². The number of carboxylic acid groups (broad SMARTS) is 1. The van der Waals surface area contributed by atoms with E-state index in [-0.39, 0.29) is 87.8 Å². The van der Waals surface area contributed by atoms with Gasteiger partial charge in [0.05, 0.1) is 24.3 Å². The number of hydrogen-bond acceptors (Lipinski definition) is 6. The Bertz CT molecular complexity index is 1430. The van der Waals surface area contributed by atoms with Crippen molar-refractivity contribution in [1.82, 2.24) is 4.57 Å². The summed E-state index contributed by atoms with van der Waals surface area (Å²) in [5.41, 5.74) is 1.86. The van der Waals surface area contributed by atoms with Crippen LogP contribution in [0.5, 0.6) is 17.2 Å². The first-order chi connectivity index (χ1) is 16.0. The van der Waals surface area contributed by atoms with Crippen molar-refractivity contribution >= 4 is 16.9 Å². The Morgan fingerprint density at radius 2 is 1.71 bits per heavy atom. The fourth-order valence-corrected chi connectivity index (χ4v) is 4.19. The molecule has 0 saturated carbocycles. The maximum atomic E-state index is 13.4. The second-order valence-electron chi connectivity index (χ2n) is 7.76. The van der Waals surface area contributed by atoms with Crippen LogP contribution in [0.15, 0.2) is 71.5 Å². The van der Waals surface area contributed by atoms with Gasteiger partial charge in [0, 0.05) is 23.9 Å². The number of carbonyl (C=O) groups is 1. The Labute approximate surface area is 238 Å². The maximum absolute atomic E-state index is 13.4. The predicted molar refractivity (Wildman–Crippen MR) is 120 cm³/mol. The van der Waals surface area contributed by atoms with E-state index in [0.717, 1.165) is 11.1 Å². The van der Waals surface area contributed by atoms with Gasteiger partial charge < -0.3 is 28.7 Å². The van der Waals surface area contributed by atoms with Crippen LogP contribution in [0.1, 0.15) is 27.2 Å². The van der Waals surface area contributed by atoms with Crippen LogP contribution in [0.25, 0.3) is 10.9 Å². The average molecular weight is 482 g/mol. The summed E-state index contributed by atoms with van der Waals surface area (Å²) in [4.78, 5) is 25.7. The molecule has 4 aromatic rings. The number of rotatable bonds is 6. The molecule has 0 unspecified atom stereocenters. The van der Waals surface area contributed by atoms with Crippen molar-refractivity contribution in [1.29, 1.82) is 0 Å². The van der Waals surface area contributed by atoms with E-state index in [1.54, 1.807) is 54.1 Å². The third-order valence-corrected chi connectivity index (χ3v) is 5.78. The molecule has 0 spiro atoms. The number of hydrogen-bond donors (Lipinski definition) is 0. The molecule has 0 aliphatic carbocycles. The van der Waals surface area contributed by atoms with Gasteiger partial charge in [0.1, 0.15) is 5.75 Å². The van der Waals surface area contributed by atoms with Crippen molar-refractivity contribution in [2.75, 3.05) is 13.9 Å². The number of benzene rings is 3. The molecule has 0 atom stereocenters. The summed E-state index contributed by atoms with van der Waals surface area (Å²) in [5, 5.41) is 12.8. The number of ether oxygens (including phenoxy) is 3. The van der Waals surface area contributed by atoms with Crippen molar-refractivity contribution < 1.29 is 75.5 Å². The number of carboxylic acids is 1. The molecule has 0 saturated heterocycles. The Morgan fingerprint density at radius 3 is 2.44 bits per heavy atom. The smallest absolute Gasteiger partial charge is 0.543 e. The van der Waals surface area contributed by atoms with Gasteiger partial charge >= 0.3 is 51.4 Å². The van der Waals surface area contributed by atoms with E-state index in [1.165, 1.54) is 0 Å². The van der Waals surface area contributed by atoms with Crippen LogP contribution in [0.4, 0.5) is 0 Å². The van der Waals surface area contributed by atoms with Crippen molar-refractivity contribution in [2.45, 2.75) is 13.0 Å². The summed E-state index contributed by atoms with van der Waals surface area (Å²) in [6.45, 7) is 0.367. The summed E-state index contributed by atoms with van der Waals surface area (Å²) in [5.74, 6) is 0.523. The first kappa shape index (κ1) is 24.5. The zero-order valence-electron chi connectivity index (χ0n) is 18.9. The minimum Gasteiger partial charge on any atom is -0.543 e. The Balaban J connectivity index is 0.00000274. The molecule has 0 fully saturated rings. The topological polar surface area (TPSA) is 89.8 Å². The summed E-state index contributed by atoms with van der Waals surface area (Å²) < 4.78 is 17.7. The van der Waals surface area contributed by atoms with Crippen LogP contribution in [0.3, 0.4) is 0 Å². The quantitative estimate of drug-likeness (QED) is 0.353. The third kappa shape index (κ3) is 4.64. The second-order valence-corrected chi connectivity index (χ2v) is 7.76. The molecule has 0 radical (unpaired) electrons. The van der Waals surface area contributed by atoms with Crippen LogP contribution in [-0.2, 0) is 13.0 Å². The molecule has 34 heavy (non-hydrogen) atoms. The number of methoxy groups -OCH3 is 1. The van der Waals surface area contributed by atoms with Crippen LogP contribution in [0.2, 0.25) is 0 Å². The van der Waals surface area contributed by atoms with E-state index in [9.17, 15) is 14.7 Å². The minimum absolute atomic E-state index is 0. The van der Waals surface area contributed by atoms with Gasteiger partial charge in [-0.05, 0) is 47.5 Å². The zero-order valence-corrected chi connectivity index (χ0v) is 22.0. The molecule has 1 aromatic heterocycles. The molecule has 0 amide bonds.